The summed E-state index contributed by atoms with van der Waals surface area (Å²) in [6.45, 7) is 9.04. The molecule has 3 aliphatic heterocycles. The summed E-state index contributed by atoms with van der Waals surface area (Å²) in [5.41, 5.74) is 1.83. The molecule has 8 nitrogen and oxygen atoms in total. The lowest BCUT2D eigenvalue weighted by molar-refractivity contribution is -0.136. The van der Waals surface area contributed by atoms with Gasteiger partial charge in [-0.05, 0) is 49.8 Å². The lowest BCUT2D eigenvalue weighted by Gasteiger charge is -2.27. The van der Waals surface area contributed by atoms with Crippen LogP contribution in [-0.2, 0) is 16.1 Å². The summed E-state index contributed by atoms with van der Waals surface area (Å²) in [5.74, 6) is -1.92. The van der Waals surface area contributed by atoms with Crippen LogP contribution in [0.4, 0.5) is 0 Å². The Morgan fingerprint density at radius 2 is 1.83 bits per heavy atom. The lowest BCUT2D eigenvalue weighted by Crippen LogP contribution is -2.54. The Hall–Kier alpha value is -2.58. The predicted molar refractivity (Wildman–Crippen MR) is 110 cm³/mol. The number of benzene rings is 1. The molecule has 0 radical (unpaired) electrons. The van der Waals surface area contributed by atoms with Gasteiger partial charge in [0, 0.05) is 31.6 Å². The summed E-state index contributed by atoms with van der Waals surface area (Å²) < 4.78 is 0. The first-order valence-corrected chi connectivity index (χ1v) is 10.4. The van der Waals surface area contributed by atoms with Crippen LogP contribution in [0.1, 0.15) is 66.3 Å². The normalized spacial score (nSPS) is 28.1. The van der Waals surface area contributed by atoms with Crippen molar-refractivity contribution in [2.45, 2.75) is 58.2 Å². The molecule has 1 aromatic carbocycles. The molecule has 30 heavy (non-hydrogen) atoms. The number of fused-ring (bicyclic) bond motifs is 1. The summed E-state index contributed by atoms with van der Waals surface area (Å²) in [5, 5.41) is 9.23. The van der Waals surface area contributed by atoms with E-state index in [0.29, 0.717) is 17.7 Å². The molecule has 3 N–H and O–H groups in total. The highest BCUT2D eigenvalue weighted by molar-refractivity contribution is 6.23. The molecule has 2 saturated heterocycles. The Morgan fingerprint density at radius 1 is 1.10 bits per heavy atom. The minimum Gasteiger partial charge on any atom is -0.312 e. The topological polar surface area (TPSA) is 108 Å². The standard InChI is InChI=1S/C22H28N4O4/c1-21(2)10-22(3,12-24-21)11-23-9-13-4-5-14-15(8-13)20(30)26(19(14)29)16-6-7-17(27)25-18(16)28/h4-5,8,16,23-24H,6-7,9-12H2,1-3H3,(H,25,27,28). The number of hydrogen-bond donors (Lipinski definition) is 3. The fourth-order valence-corrected chi connectivity index (χ4v) is 4.91. The Balaban J connectivity index is 1.43. The lowest BCUT2D eigenvalue weighted by atomic mass is 9.84. The van der Waals surface area contributed by atoms with Crippen LogP contribution in [-0.4, -0.2) is 53.2 Å². The van der Waals surface area contributed by atoms with Gasteiger partial charge < -0.3 is 10.6 Å². The molecule has 160 valence electrons. The Bertz CT molecular complexity index is 941. The average molecular weight is 412 g/mol. The quantitative estimate of drug-likeness (QED) is 0.622. The third-order valence-corrected chi connectivity index (χ3v) is 6.25. The van der Waals surface area contributed by atoms with Crippen LogP contribution in [0.5, 0.6) is 0 Å². The summed E-state index contributed by atoms with van der Waals surface area (Å²) in [7, 11) is 0. The van der Waals surface area contributed by atoms with E-state index < -0.39 is 23.8 Å². The van der Waals surface area contributed by atoms with Gasteiger partial charge in [-0.25, -0.2) is 0 Å². The number of nitrogens with one attached hydrogen (secondary N) is 3. The smallest absolute Gasteiger partial charge is 0.262 e. The zero-order valence-corrected chi connectivity index (χ0v) is 17.6. The van der Waals surface area contributed by atoms with Crippen LogP contribution in [0, 0.1) is 5.41 Å². The van der Waals surface area contributed by atoms with Crippen LogP contribution in [0.25, 0.3) is 0 Å². The first kappa shape index (κ1) is 20.7. The van der Waals surface area contributed by atoms with E-state index in [2.05, 4.69) is 36.7 Å². The Labute approximate surface area is 175 Å². The van der Waals surface area contributed by atoms with Crippen molar-refractivity contribution >= 4 is 23.6 Å². The molecule has 0 aromatic heterocycles. The van der Waals surface area contributed by atoms with Gasteiger partial charge in [0.05, 0.1) is 11.1 Å². The average Bonchev–Trinajstić information content (AvgIpc) is 3.08. The van der Waals surface area contributed by atoms with E-state index in [1.165, 1.54) is 0 Å². The molecule has 8 heteroatoms. The second-order valence-corrected chi connectivity index (χ2v) is 9.66. The molecule has 2 atom stereocenters. The second-order valence-electron chi connectivity index (χ2n) is 9.66. The van der Waals surface area contributed by atoms with Gasteiger partial charge in [-0.2, -0.15) is 0 Å². The molecule has 4 amide bonds. The van der Waals surface area contributed by atoms with Crippen molar-refractivity contribution in [1.82, 2.24) is 20.9 Å². The van der Waals surface area contributed by atoms with Gasteiger partial charge in [0.15, 0.2) is 0 Å². The van der Waals surface area contributed by atoms with Crippen molar-refractivity contribution in [1.29, 1.82) is 0 Å². The maximum atomic E-state index is 12.9. The van der Waals surface area contributed by atoms with E-state index in [1.54, 1.807) is 12.1 Å². The van der Waals surface area contributed by atoms with Gasteiger partial charge in [0.25, 0.3) is 11.8 Å². The molecule has 3 aliphatic rings. The third-order valence-electron chi connectivity index (χ3n) is 6.25. The molecule has 0 aliphatic carbocycles. The number of nitrogens with zero attached hydrogens (tertiary/aromatic N) is 1. The predicted octanol–water partition coefficient (Wildman–Crippen LogP) is 0.956. The fourth-order valence-electron chi connectivity index (χ4n) is 4.91. The summed E-state index contributed by atoms with van der Waals surface area (Å²) in [4.78, 5) is 50.2. The second kappa shape index (κ2) is 7.28. The minimum atomic E-state index is -0.935. The number of carbonyl (C=O) groups excluding carboxylic acids is 4. The van der Waals surface area contributed by atoms with E-state index in [1.807, 2.05) is 6.07 Å². The molecular formula is C22H28N4O4. The van der Waals surface area contributed by atoms with Crippen molar-refractivity contribution in [2.24, 2.45) is 5.41 Å². The highest BCUT2D eigenvalue weighted by atomic mass is 16.2. The monoisotopic (exact) mass is 412 g/mol. The van der Waals surface area contributed by atoms with Crippen molar-refractivity contribution < 1.29 is 19.2 Å². The maximum Gasteiger partial charge on any atom is 0.262 e. The SMILES string of the molecule is CC1(CNCc2ccc3c(c2)C(=O)N(C2CCC(=O)NC2=O)C3=O)CNC(C)(C)C1. The Kier molecular flexibility index (Phi) is 5.02. The fraction of sp³-hybridized carbons (Fsp3) is 0.545. The van der Waals surface area contributed by atoms with Crippen LogP contribution in [0.2, 0.25) is 0 Å². The van der Waals surface area contributed by atoms with Gasteiger partial charge in [-0.1, -0.05) is 13.0 Å². The highest BCUT2D eigenvalue weighted by Crippen LogP contribution is 2.34. The van der Waals surface area contributed by atoms with Gasteiger partial charge >= 0.3 is 0 Å². The highest BCUT2D eigenvalue weighted by Gasteiger charge is 2.44. The van der Waals surface area contributed by atoms with Crippen molar-refractivity contribution in [3.8, 4) is 0 Å². The van der Waals surface area contributed by atoms with Crippen LogP contribution in [0.15, 0.2) is 18.2 Å². The van der Waals surface area contributed by atoms with E-state index in [0.717, 1.165) is 30.0 Å². The molecule has 2 fully saturated rings. The van der Waals surface area contributed by atoms with E-state index in [9.17, 15) is 19.2 Å². The van der Waals surface area contributed by atoms with Crippen molar-refractivity contribution in [2.75, 3.05) is 13.1 Å². The van der Waals surface area contributed by atoms with Crippen molar-refractivity contribution in [3.63, 3.8) is 0 Å². The minimum absolute atomic E-state index is 0.114. The zero-order valence-electron chi connectivity index (χ0n) is 17.6. The van der Waals surface area contributed by atoms with Gasteiger partial charge in [0.2, 0.25) is 11.8 Å². The van der Waals surface area contributed by atoms with E-state index in [-0.39, 0.29) is 29.7 Å². The first-order chi connectivity index (χ1) is 14.1. The number of hydrogen-bond acceptors (Lipinski definition) is 6. The zero-order chi connectivity index (χ0) is 21.7. The molecular weight excluding hydrogens is 384 g/mol. The van der Waals surface area contributed by atoms with Crippen LogP contribution < -0.4 is 16.0 Å². The van der Waals surface area contributed by atoms with E-state index >= 15 is 0 Å². The summed E-state index contributed by atoms with van der Waals surface area (Å²) >= 11 is 0. The molecule has 0 bridgehead atoms. The van der Waals surface area contributed by atoms with Gasteiger partial charge in [-0.15, -0.1) is 0 Å². The number of piperidine rings is 1. The maximum absolute atomic E-state index is 12.9. The Morgan fingerprint density at radius 3 is 2.50 bits per heavy atom. The number of amides is 4. The summed E-state index contributed by atoms with van der Waals surface area (Å²) in [6.07, 6.45) is 1.35. The number of rotatable bonds is 5. The van der Waals surface area contributed by atoms with Crippen LogP contribution >= 0.6 is 0 Å². The largest absolute Gasteiger partial charge is 0.312 e. The molecule has 1 aromatic rings. The number of carbonyl (C=O) groups is 4. The number of imide groups is 2. The first-order valence-electron chi connectivity index (χ1n) is 10.4. The third kappa shape index (κ3) is 3.77. The molecule has 3 heterocycles. The molecule has 4 rings (SSSR count). The van der Waals surface area contributed by atoms with Gasteiger partial charge in [-0.3, -0.25) is 29.4 Å². The molecule has 0 spiro atoms. The van der Waals surface area contributed by atoms with E-state index in [4.69, 9.17) is 0 Å². The van der Waals surface area contributed by atoms with Crippen LogP contribution in [0.3, 0.4) is 0 Å². The summed E-state index contributed by atoms with van der Waals surface area (Å²) in [6, 6.07) is 4.29. The van der Waals surface area contributed by atoms with Crippen molar-refractivity contribution in [3.05, 3.63) is 34.9 Å². The van der Waals surface area contributed by atoms with Gasteiger partial charge in [0.1, 0.15) is 6.04 Å². The molecule has 0 saturated carbocycles. The molecule has 2 unspecified atom stereocenters.